The third kappa shape index (κ3) is 7.18. The number of aliphatic carboxylic acids is 2. The highest BCUT2D eigenvalue weighted by Gasteiger charge is 2.33. The van der Waals surface area contributed by atoms with Crippen molar-refractivity contribution in [3.63, 3.8) is 0 Å². The zero-order chi connectivity index (χ0) is 21.1. The summed E-state index contributed by atoms with van der Waals surface area (Å²) in [6.07, 6.45) is 3.35. The number of rotatable bonds is 6. The Hall–Kier alpha value is -2.96. The van der Waals surface area contributed by atoms with Gasteiger partial charge in [0.2, 0.25) is 0 Å². The van der Waals surface area contributed by atoms with Crippen molar-refractivity contribution in [3.05, 3.63) is 83.9 Å². The summed E-state index contributed by atoms with van der Waals surface area (Å²) in [6.45, 7) is 1.07. The van der Waals surface area contributed by atoms with Crippen molar-refractivity contribution in [2.24, 2.45) is 0 Å². The Kier molecular flexibility index (Phi) is 9.08. The maximum atomic E-state index is 9.41. The predicted molar refractivity (Wildman–Crippen MR) is 106 cm³/mol. The van der Waals surface area contributed by atoms with Gasteiger partial charge in [-0.3, -0.25) is 0 Å². The van der Waals surface area contributed by atoms with E-state index in [0.29, 0.717) is 24.1 Å². The van der Waals surface area contributed by atoms with Gasteiger partial charge in [-0.2, -0.15) is 0 Å². The van der Waals surface area contributed by atoms with Gasteiger partial charge < -0.3 is 29.9 Å². The molecule has 1 saturated heterocycles. The average Bonchev–Trinajstić information content (AvgIpc) is 2.75. The first-order chi connectivity index (χ1) is 14.0. The van der Waals surface area contributed by atoms with Gasteiger partial charge in [0, 0.05) is 19.1 Å². The maximum absolute atomic E-state index is 9.41. The quantitative estimate of drug-likeness (QED) is 0.720. The van der Waals surface area contributed by atoms with E-state index >= 15 is 0 Å². The fourth-order valence-corrected chi connectivity index (χ4v) is 3.54. The predicted octanol–water partition coefficient (Wildman–Crippen LogP) is 0.628. The van der Waals surface area contributed by atoms with Crippen LogP contribution in [0.5, 0.6) is 0 Å². The van der Waals surface area contributed by atoms with Gasteiger partial charge in [0.25, 0.3) is 0 Å². The third-order valence-corrected chi connectivity index (χ3v) is 4.78. The van der Waals surface area contributed by atoms with Crippen molar-refractivity contribution in [1.82, 2.24) is 5.32 Å². The van der Waals surface area contributed by atoms with Crippen molar-refractivity contribution in [2.45, 2.75) is 30.9 Å². The van der Waals surface area contributed by atoms with E-state index in [1.165, 1.54) is 17.5 Å². The standard InChI is InChI=1S/C19H23NO.C4H4O4/c1-21-17-13-8-14-20-19(17)18(15-9-4-2-5-10-15)16-11-6-3-7-12-16;5-3(6)1-2-4(7)8/h2-7,9-12,17-20H,8,13-14H2,1H3;1-2H,(H,5,6)(H,7,8)/p-2/b;2-1-. The van der Waals surface area contributed by atoms with E-state index in [2.05, 4.69) is 66.0 Å². The molecule has 0 aliphatic carbocycles. The number of carboxylic acids is 2. The van der Waals surface area contributed by atoms with Crippen LogP contribution >= 0.6 is 0 Å². The summed E-state index contributed by atoms with van der Waals surface area (Å²) in [4.78, 5) is 18.8. The molecule has 0 saturated carbocycles. The number of piperidine rings is 1. The van der Waals surface area contributed by atoms with Crippen LogP contribution in [-0.2, 0) is 14.3 Å². The van der Waals surface area contributed by atoms with Gasteiger partial charge in [-0.05, 0) is 42.7 Å². The minimum atomic E-state index is -1.55. The molecule has 1 fully saturated rings. The summed E-state index contributed by atoms with van der Waals surface area (Å²) in [5.74, 6) is -2.76. The van der Waals surface area contributed by atoms with Crippen molar-refractivity contribution in [1.29, 1.82) is 0 Å². The van der Waals surface area contributed by atoms with Gasteiger partial charge in [0.1, 0.15) is 0 Å². The summed E-state index contributed by atoms with van der Waals surface area (Å²) < 4.78 is 5.77. The second kappa shape index (κ2) is 11.8. The van der Waals surface area contributed by atoms with Gasteiger partial charge in [-0.15, -0.1) is 0 Å². The van der Waals surface area contributed by atoms with Crippen LogP contribution in [0.2, 0.25) is 0 Å². The van der Waals surface area contributed by atoms with E-state index in [4.69, 9.17) is 4.74 Å². The summed E-state index contributed by atoms with van der Waals surface area (Å²) in [5.41, 5.74) is 2.70. The van der Waals surface area contributed by atoms with Crippen LogP contribution in [0.25, 0.3) is 0 Å². The molecule has 0 spiro atoms. The first-order valence-electron chi connectivity index (χ1n) is 9.49. The fraction of sp³-hybridized carbons (Fsp3) is 0.304. The lowest BCUT2D eigenvalue weighted by Gasteiger charge is -2.37. The Balaban J connectivity index is 0.000000321. The van der Waals surface area contributed by atoms with Crippen LogP contribution in [0.1, 0.15) is 29.9 Å². The molecule has 1 N–H and O–H groups in total. The molecule has 1 aliphatic heterocycles. The number of carboxylic acid groups (broad SMARTS) is 2. The Morgan fingerprint density at radius 2 is 1.45 bits per heavy atom. The molecule has 3 rings (SSSR count). The Bertz CT molecular complexity index is 736. The van der Waals surface area contributed by atoms with Crippen LogP contribution in [0.4, 0.5) is 0 Å². The number of nitrogens with one attached hydrogen (secondary N) is 1. The monoisotopic (exact) mass is 395 g/mol. The van der Waals surface area contributed by atoms with Gasteiger partial charge in [-0.25, -0.2) is 0 Å². The molecule has 0 bridgehead atoms. The molecule has 0 aromatic heterocycles. The topological polar surface area (TPSA) is 102 Å². The molecule has 2 aromatic carbocycles. The van der Waals surface area contributed by atoms with E-state index in [0.717, 1.165) is 13.0 Å². The van der Waals surface area contributed by atoms with Crippen LogP contribution in [0.3, 0.4) is 0 Å². The van der Waals surface area contributed by atoms with Crippen LogP contribution in [0.15, 0.2) is 72.8 Å². The van der Waals surface area contributed by atoms with E-state index in [1.807, 2.05) is 7.11 Å². The van der Waals surface area contributed by atoms with Crippen LogP contribution in [0, 0.1) is 0 Å². The normalized spacial score (nSPS) is 18.8. The number of carbonyl (C=O) groups is 2. The van der Waals surface area contributed by atoms with Gasteiger partial charge in [0.05, 0.1) is 18.0 Å². The van der Waals surface area contributed by atoms with E-state index in [-0.39, 0.29) is 6.10 Å². The molecule has 1 aliphatic rings. The van der Waals surface area contributed by atoms with Crippen molar-refractivity contribution in [2.75, 3.05) is 13.7 Å². The summed E-state index contributed by atoms with van der Waals surface area (Å²) in [5, 5.41) is 22.5. The summed E-state index contributed by atoms with van der Waals surface area (Å²) >= 11 is 0. The number of methoxy groups -OCH3 is 1. The molecule has 2 atom stereocenters. The van der Waals surface area contributed by atoms with E-state index in [1.54, 1.807) is 0 Å². The third-order valence-electron chi connectivity index (χ3n) is 4.78. The Morgan fingerprint density at radius 1 is 0.966 bits per heavy atom. The molecule has 2 aromatic rings. The fourth-order valence-electron chi connectivity index (χ4n) is 3.54. The molecule has 6 nitrogen and oxygen atoms in total. The van der Waals surface area contributed by atoms with E-state index in [9.17, 15) is 19.8 Å². The number of hydrogen-bond donors (Lipinski definition) is 1. The molecule has 0 radical (unpaired) electrons. The lowest BCUT2D eigenvalue weighted by Crippen LogP contribution is -2.49. The van der Waals surface area contributed by atoms with Crippen LogP contribution < -0.4 is 15.5 Å². The zero-order valence-electron chi connectivity index (χ0n) is 16.3. The average molecular weight is 395 g/mol. The molecule has 29 heavy (non-hydrogen) atoms. The minimum Gasteiger partial charge on any atom is -0.545 e. The smallest absolute Gasteiger partial charge is 0.0734 e. The highest BCUT2D eigenvalue weighted by Crippen LogP contribution is 2.32. The second-order valence-electron chi connectivity index (χ2n) is 6.67. The molecular weight excluding hydrogens is 370 g/mol. The molecule has 154 valence electrons. The number of hydrogen-bond acceptors (Lipinski definition) is 6. The highest BCUT2D eigenvalue weighted by atomic mass is 16.5. The molecule has 1 heterocycles. The van der Waals surface area contributed by atoms with E-state index < -0.39 is 11.9 Å². The molecule has 0 amide bonds. The number of ether oxygens (including phenoxy) is 1. The van der Waals surface area contributed by atoms with Crippen molar-refractivity contribution < 1.29 is 24.5 Å². The molecule has 2 unspecified atom stereocenters. The minimum absolute atomic E-state index is 0.268. The highest BCUT2D eigenvalue weighted by molar-refractivity contribution is 5.87. The first-order valence-corrected chi connectivity index (χ1v) is 9.49. The summed E-state index contributed by atoms with van der Waals surface area (Å²) in [7, 11) is 1.83. The number of benzene rings is 2. The second-order valence-corrected chi connectivity index (χ2v) is 6.67. The maximum Gasteiger partial charge on any atom is 0.0734 e. The Morgan fingerprint density at radius 3 is 1.86 bits per heavy atom. The molecular formula is C23H25NO5-2. The lowest BCUT2D eigenvalue weighted by atomic mass is 9.80. The van der Waals surface area contributed by atoms with Gasteiger partial charge >= 0.3 is 0 Å². The summed E-state index contributed by atoms with van der Waals surface area (Å²) in [6, 6.07) is 21.9. The van der Waals surface area contributed by atoms with Crippen molar-refractivity contribution in [3.8, 4) is 0 Å². The largest absolute Gasteiger partial charge is 0.545 e. The zero-order valence-corrected chi connectivity index (χ0v) is 16.3. The van der Waals surface area contributed by atoms with Crippen molar-refractivity contribution >= 4 is 11.9 Å². The molecule has 6 heteroatoms. The Labute approximate surface area is 170 Å². The lowest BCUT2D eigenvalue weighted by molar-refractivity contribution is -0.301. The van der Waals surface area contributed by atoms with Gasteiger partial charge in [0.15, 0.2) is 0 Å². The van der Waals surface area contributed by atoms with Crippen LogP contribution in [-0.4, -0.2) is 37.7 Å². The van der Waals surface area contributed by atoms with Gasteiger partial charge in [-0.1, -0.05) is 60.7 Å². The number of carbonyl (C=O) groups excluding carboxylic acids is 2. The SMILES string of the molecule is COC1CCCNC1C(c1ccccc1)c1ccccc1.O=C([O-])/C=C\C(=O)[O-]. The first kappa shape index (κ1) is 22.3.